The summed E-state index contributed by atoms with van der Waals surface area (Å²) in [6.45, 7) is 6.91. The van der Waals surface area contributed by atoms with Crippen molar-refractivity contribution in [2.24, 2.45) is 5.92 Å². The molecular formula is C14H28N2O2. The molecule has 1 aliphatic rings. The summed E-state index contributed by atoms with van der Waals surface area (Å²) < 4.78 is 0. The average molecular weight is 256 g/mol. The summed E-state index contributed by atoms with van der Waals surface area (Å²) >= 11 is 0. The van der Waals surface area contributed by atoms with Crippen molar-refractivity contribution in [1.29, 1.82) is 0 Å². The van der Waals surface area contributed by atoms with Gasteiger partial charge in [-0.2, -0.15) is 0 Å². The molecule has 0 saturated carbocycles. The average Bonchev–Trinajstić information content (AvgIpc) is 2.73. The van der Waals surface area contributed by atoms with Gasteiger partial charge >= 0.3 is 0 Å². The fraction of sp³-hybridized carbons (Fsp3) is 0.929. The van der Waals surface area contributed by atoms with Gasteiger partial charge in [-0.3, -0.25) is 9.69 Å². The number of carbonyl (C=O) groups is 1. The van der Waals surface area contributed by atoms with Gasteiger partial charge in [-0.05, 0) is 44.6 Å². The van der Waals surface area contributed by atoms with Gasteiger partial charge in [-0.1, -0.05) is 13.8 Å². The third-order valence-corrected chi connectivity index (χ3v) is 3.59. The quantitative estimate of drug-likeness (QED) is 0.690. The van der Waals surface area contributed by atoms with Crippen LogP contribution in [0, 0.1) is 5.92 Å². The molecule has 1 saturated heterocycles. The van der Waals surface area contributed by atoms with Gasteiger partial charge in [-0.25, -0.2) is 0 Å². The Morgan fingerprint density at radius 2 is 2.28 bits per heavy atom. The molecule has 1 unspecified atom stereocenters. The Morgan fingerprint density at radius 1 is 1.50 bits per heavy atom. The Balaban J connectivity index is 2.21. The van der Waals surface area contributed by atoms with Gasteiger partial charge in [0.15, 0.2) is 0 Å². The maximum Gasteiger partial charge on any atom is 0.234 e. The van der Waals surface area contributed by atoms with Crippen LogP contribution in [0.3, 0.4) is 0 Å². The van der Waals surface area contributed by atoms with Crippen LogP contribution >= 0.6 is 0 Å². The number of nitrogens with zero attached hydrogens (tertiary/aromatic N) is 1. The number of carbonyl (C=O) groups excluding carboxylic acids is 1. The second-order valence-corrected chi connectivity index (χ2v) is 5.66. The lowest BCUT2D eigenvalue weighted by molar-refractivity contribution is -0.122. The second kappa shape index (κ2) is 8.48. The number of hydrogen-bond donors (Lipinski definition) is 2. The van der Waals surface area contributed by atoms with E-state index < -0.39 is 0 Å². The van der Waals surface area contributed by atoms with Gasteiger partial charge in [0.25, 0.3) is 0 Å². The summed E-state index contributed by atoms with van der Waals surface area (Å²) in [7, 11) is 0. The van der Waals surface area contributed by atoms with Crippen LogP contribution < -0.4 is 5.32 Å². The third-order valence-electron chi connectivity index (χ3n) is 3.59. The van der Waals surface area contributed by atoms with E-state index in [2.05, 4.69) is 24.1 Å². The lowest BCUT2D eigenvalue weighted by atomic mass is 10.1. The predicted molar refractivity (Wildman–Crippen MR) is 73.4 cm³/mol. The van der Waals surface area contributed by atoms with Gasteiger partial charge in [0.05, 0.1) is 6.54 Å². The molecule has 0 aromatic carbocycles. The highest BCUT2D eigenvalue weighted by Gasteiger charge is 2.25. The number of hydrogen-bond acceptors (Lipinski definition) is 3. The maximum absolute atomic E-state index is 11.8. The SMILES string of the molecule is CC(C)CCNC(=O)CN1CCCC1CCCO. The molecule has 18 heavy (non-hydrogen) atoms. The van der Waals surface area contributed by atoms with E-state index in [4.69, 9.17) is 5.11 Å². The van der Waals surface area contributed by atoms with Gasteiger partial charge in [0.2, 0.25) is 5.91 Å². The van der Waals surface area contributed by atoms with Crippen molar-refractivity contribution < 1.29 is 9.90 Å². The summed E-state index contributed by atoms with van der Waals surface area (Å²) in [5.41, 5.74) is 0. The van der Waals surface area contributed by atoms with Crippen molar-refractivity contribution in [2.45, 2.75) is 52.0 Å². The van der Waals surface area contributed by atoms with Crippen molar-refractivity contribution in [3.05, 3.63) is 0 Å². The lowest BCUT2D eigenvalue weighted by Gasteiger charge is -2.23. The van der Waals surface area contributed by atoms with E-state index in [-0.39, 0.29) is 12.5 Å². The van der Waals surface area contributed by atoms with E-state index in [0.717, 1.165) is 32.4 Å². The zero-order valence-electron chi connectivity index (χ0n) is 11.8. The van der Waals surface area contributed by atoms with Crippen LogP contribution in [0.15, 0.2) is 0 Å². The predicted octanol–water partition coefficient (Wildman–Crippen LogP) is 1.39. The Labute approximate surface area is 111 Å². The smallest absolute Gasteiger partial charge is 0.234 e. The monoisotopic (exact) mass is 256 g/mol. The van der Waals surface area contributed by atoms with Crippen LogP contribution in [-0.2, 0) is 4.79 Å². The van der Waals surface area contributed by atoms with Crippen LogP contribution in [0.2, 0.25) is 0 Å². The van der Waals surface area contributed by atoms with Crippen molar-refractivity contribution in [3.8, 4) is 0 Å². The Hall–Kier alpha value is -0.610. The molecule has 4 nitrogen and oxygen atoms in total. The molecule has 1 amide bonds. The highest BCUT2D eigenvalue weighted by atomic mass is 16.2. The Morgan fingerprint density at radius 3 is 2.94 bits per heavy atom. The van der Waals surface area contributed by atoms with E-state index in [1.54, 1.807) is 0 Å². The Bertz CT molecular complexity index is 244. The molecule has 0 radical (unpaired) electrons. The molecule has 4 heteroatoms. The van der Waals surface area contributed by atoms with Gasteiger partial charge < -0.3 is 10.4 Å². The number of rotatable bonds is 8. The molecule has 0 aliphatic carbocycles. The van der Waals surface area contributed by atoms with Gasteiger partial charge in [-0.15, -0.1) is 0 Å². The highest BCUT2D eigenvalue weighted by molar-refractivity contribution is 5.78. The largest absolute Gasteiger partial charge is 0.396 e. The number of amides is 1. The summed E-state index contributed by atoms with van der Waals surface area (Å²) in [5, 5.41) is 11.9. The van der Waals surface area contributed by atoms with E-state index in [1.165, 1.54) is 12.8 Å². The molecule has 106 valence electrons. The van der Waals surface area contributed by atoms with Crippen LogP contribution in [-0.4, -0.2) is 48.2 Å². The zero-order valence-corrected chi connectivity index (χ0v) is 11.8. The minimum absolute atomic E-state index is 0.145. The summed E-state index contributed by atoms with van der Waals surface area (Å²) in [4.78, 5) is 14.1. The minimum Gasteiger partial charge on any atom is -0.396 e. The first-order valence-corrected chi connectivity index (χ1v) is 7.25. The molecule has 0 aromatic rings. The number of aliphatic hydroxyl groups is 1. The molecule has 1 rings (SSSR count). The highest BCUT2D eigenvalue weighted by Crippen LogP contribution is 2.20. The van der Waals surface area contributed by atoms with Crippen molar-refractivity contribution in [1.82, 2.24) is 10.2 Å². The molecule has 1 atom stereocenters. The first-order chi connectivity index (χ1) is 8.63. The standard InChI is InChI=1S/C14H28N2O2/c1-12(2)7-8-15-14(18)11-16-9-3-5-13(16)6-4-10-17/h12-13,17H,3-11H2,1-2H3,(H,15,18). The van der Waals surface area contributed by atoms with Crippen LogP contribution in [0.5, 0.6) is 0 Å². The first-order valence-electron chi connectivity index (χ1n) is 7.25. The number of likely N-dealkylation sites (tertiary alicyclic amines) is 1. The van der Waals surface area contributed by atoms with Crippen LogP contribution in [0.1, 0.15) is 46.0 Å². The fourth-order valence-corrected chi connectivity index (χ4v) is 2.50. The normalized spacial score (nSPS) is 20.6. The molecule has 1 aliphatic heterocycles. The maximum atomic E-state index is 11.8. The molecule has 0 bridgehead atoms. The molecule has 2 N–H and O–H groups in total. The van der Waals surface area contributed by atoms with Crippen molar-refractivity contribution in [2.75, 3.05) is 26.2 Å². The fourth-order valence-electron chi connectivity index (χ4n) is 2.50. The molecule has 1 fully saturated rings. The van der Waals surface area contributed by atoms with Crippen LogP contribution in [0.25, 0.3) is 0 Å². The van der Waals surface area contributed by atoms with Gasteiger partial charge in [0.1, 0.15) is 0 Å². The Kier molecular flexibility index (Phi) is 7.28. The zero-order chi connectivity index (χ0) is 13.4. The summed E-state index contributed by atoms with van der Waals surface area (Å²) in [6.07, 6.45) is 5.24. The van der Waals surface area contributed by atoms with E-state index in [1.807, 2.05) is 0 Å². The summed E-state index contributed by atoms with van der Waals surface area (Å²) in [6, 6.07) is 0.494. The van der Waals surface area contributed by atoms with E-state index >= 15 is 0 Å². The van der Waals surface area contributed by atoms with Crippen molar-refractivity contribution in [3.63, 3.8) is 0 Å². The van der Waals surface area contributed by atoms with E-state index in [0.29, 0.717) is 18.5 Å². The van der Waals surface area contributed by atoms with E-state index in [9.17, 15) is 4.79 Å². The molecule has 1 heterocycles. The second-order valence-electron chi connectivity index (χ2n) is 5.66. The topological polar surface area (TPSA) is 52.6 Å². The number of aliphatic hydroxyl groups excluding tert-OH is 1. The summed E-state index contributed by atoms with van der Waals surface area (Å²) in [5.74, 6) is 0.779. The molecule has 0 aromatic heterocycles. The molecule has 0 spiro atoms. The van der Waals surface area contributed by atoms with Crippen LogP contribution in [0.4, 0.5) is 0 Å². The van der Waals surface area contributed by atoms with Gasteiger partial charge in [0, 0.05) is 19.2 Å². The number of nitrogens with one attached hydrogen (secondary N) is 1. The van der Waals surface area contributed by atoms with Crippen molar-refractivity contribution >= 4 is 5.91 Å². The lowest BCUT2D eigenvalue weighted by Crippen LogP contribution is -2.40. The first kappa shape index (κ1) is 15.4. The molecular weight excluding hydrogens is 228 g/mol. The minimum atomic E-state index is 0.145. The third kappa shape index (κ3) is 5.83.